The maximum absolute atomic E-state index is 11.9. The Balaban J connectivity index is 2.43. The van der Waals surface area contributed by atoms with Gasteiger partial charge in [-0.25, -0.2) is 0 Å². The van der Waals surface area contributed by atoms with Crippen LogP contribution in [0.4, 0.5) is 0 Å². The molecule has 18 heavy (non-hydrogen) atoms. The molecule has 0 aromatic heterocycles. The van der Waals surface area contributed by atoms with Crippen LogP contribution in [0.15, 0.2) is 18.2 Å². The van der Waals surface area contributed by atoms with Crippen molar-refractivity contribution in [2.24, 2.45) is 5.92 Å². The maximum Gasteiger partial charge on any atom is 0.252 e. The van der Waals surface area contributed by atoms with E-state index >= 15 is 0 Å². The highest BCUT2D eigenvalue weighted by Gasteiger charge is 2.10. The van der Waals surface area contributed by atoms with E-state index in [1.165, 1.54) is 0 Å². The van der Waals surface area contributed by atoms with Gasteiger partial charge in [-0.1, -0.05) is 18.5 Å². The smallest absolute Gasteiger partial charge is 0.252 e. The number of aliphatic hydroxyl groups excluding tert-OH is 1. The van der Waals surface area contributed by atoms with E-state index in [1.54, 1.807) is 12.1 Å². The Labute approximate surface area is 126 Å². The number of hydrogen-bond donors (Lipinski definition) is 2. The molecule has 0 bridgehead atoms. The van der Waals surface area contributed by atoms with Crippen LogP contribution in [0.2, 0.25) is 5.02 Å². The highest BCUT2D eigenvalue weighted by Crippen LogP contribution is 2.17. The number of benzene rings is 1. The minimum absolute atomic E-state index is 0.0986. The SMILES string of the molecule is CC(CO)CCCNC(=O)c1cc(Cl)ccc1I. The van der Waals surface area contributed by atoms with Gasteiger partial charge in [0.05, 0.1) is 5.56 Å². The zero-order valence-corrected chi connectivity index (χ0v) is 13.2. The fourth-order valence-corrected chi connectivity index (χ4v) is 2.26. The molecular weight excluding hydrogens is 365 g/mol. The molecule has 0 aliphatic rings. The molecule has 1 unspecified atom stereocenters. The number of nitrogens with one attached hydrogen (secondary N) is 1. The van der Waals surface area contributed by atoms with Crippen molar-refractivity contribution in [1.82, 2.24) is 5.32 Å². The third-order valence-corrected chi connectivity index (χ3v) is 3.82. The minimum atomic E-state index is -0.0986. The minimum Gasteiger partial charge on any atom is -0.396 e. The molecule has 0 radical (unpaired) electrons. The van der Waals surface area contributed by atoms with E-state index < -0.39 is 0 Å². The highest BCUT2D eigenvalue weighted by molar-refractivity contribution is 14.1. The predicted molar refractivity (Wildman–Crippen MR) is 82.0 cm³/mol. The Kier molecular flexibility index (Phi) is 6.96. The summed E-state index contributed by atoms with van der Waals surface area (Å²) in [5, 5.41) is 12.3. The van der Waals surface area contributed by atoms with Crippen molar-refractivity contribution in [2.45, 2.75) is 19.8 Å². The first-order valence-electron chi connectivity index (χ1n) is 5.88. The Bertz CT molecular complexity index is 412. The molecule has 0 heterocycles. The van der Waals surface area contributed by atoms with E-state index in [4.69, 9.17) is 16.7 Å². The molecular formula is C13H17ClINO2. The summed E-state index contributed by atoms with van der Waals surface area (Å²) in [5.74, 6) is 0.187. The van der Waals surface area contributed by atoms with Gasteiger partial charge in [-0.2, -0.15) is 0 Å². The molecule has 0 aliphatic carbocycles. The molecule has 0 saturated carbocycles. The van der Waals surface area contributed by atoms with Gasteiger partial charge in [0.1, 0.15) is 0 Å². The fourth-order valence-electron chi connectivity index (χ4n) is 1.51. The van der Waals surface area contributed by atoms with Gasteiger partial charge in [0.25, 0.3) is 5.91 Å². The topological polar surface area (TPSA) is 49.3 Å². The van der Waals surface area contributed by atoms with Crippen LogP contribution in [0, 0.1) is 9.49 Å². The van der Waals surface area contributed by atoms with Gasteiger partial charge >= 0.3 is 0 Å². The average Bonchev–Trinajstić information content (AvgIpc) is 2.36. The third kappa shape index (κ3) is 5.12. The average molecular weight is 382 g/mol. The van der Waals surface area contributed by atoms with Crippen molar-refractivity contribution in [2.75, 3.05) is 13.2 Å². The first kappa shape index (κ1) is 15.7. The number of rotatable bonds is 6. The summed E-state index contributed by atoms with van der Waals surface area (Å²) < 4.78 is 0.887. The van der Waals surface area contributed by atoms with E-state index in [-0.39, 0.29) is 18.4 Å². The lowest BCUT2D eigenvalue weighted by Crippen LogP contribution is -2.25. The third-order valence-electron chi connectivity index (χ3n) is 2.64. The number of aliphatic hydroxyl groups is 1. The van der Waals surface area contributed by atoms with Gasteiger partial charge in [-0.3, -0.25) is 4.79 Å². The van der Waals surface area contributed by atoms with Gasteiger partial charge in [0, 0.05) is 21.7 Å². The van der Waals surface area contributed by atoms with Crippen molar-refractivity contribution in [3.8, 4) is 0 Å². The van der Waals surface area contributed by atoms with Crippen LogP contribution in [0.25, 0.3) is 0 Å². The van der Waals surface area contributed by atoms with Crippen LogP contribution in [-0.4, -0.2) is 24.2 Å². The molecule has 0 aliphatic heterocycles. The molecule has 0 saturated heterocycles. The van der Waals surface area contributed by atoms with Crippen LogP contribution in [0.1, 0.15) is 30.1 Å². The number of carbonyl (C=O) groups is 1. The molecule has 0 spiro atoms. The monoisotopic (exact) mass is 381 g/mol. The normalized spacial score (nSPS) is 12.2. The molecule has 2 N–H and O–H groups in total. The summed E-state index contributed by atoms with van der Waals surface area (Å²) in [6.45, 7) is 2.80. The van der Waals surface area contributed by atoms with Crippen molar-refractivity contribution in [3.63, 3.8) is 0 Å². The van der Waals surface area contributed by atoms with Gasteiger partial charge in [0.2, 0.25) is 0 Å². The molecule has 100 valence electrons. The van der Waals surface area contributed by atoms with Crippen LogP contribution in [-0.2, 0) is 0 Å². The second kappa shape index (κ2) is 7.96. The molecule has 5 heteroatoms. The van der Waals surface area contributed by atoms with Crippen LogP contribution >= 0.6 is 34.2 Å². The maximum atomic E-state index is 11.9. The first-order chi connectivity index (χ1) is 8.54. The summed E-state index contributed by atoms with van der Waals surface area (Å²) in [6, 6.07) is 5.27. The van der Waals surface area contributed by atoms with Crippen LogP contribution in [0.5, 0.6) is 0 Å². The molecule has 1 aromatic carbocycles. The second-order valence-electron chi connectivity index (χ2n) is 4.31. The van der Waals surface area contributed by atoms with E-state index in [9.17, 15) is 4.79 Å². The summed E-state index contributed by atoms with van der Waals surface area (Å²) in [7, 11) is 0. The quantitative estimate of drug-likeness (QED) is 0.588. The number of halogens is 2. The molecule has 1 atom stereocenters. The highest BCUT2D eigenvalue weighted by atomic mass is 127. The van der Waals surface area contributed by atoms with Crippen molar-refractivity contribution >= 4 is 40.1 Å². The van der Waals surface area contributed by atoms with Crippen molar-refractivity contribution in [1.29, 1.82) is 0 Å². The summed E-state index contributed by atoms with van der Waals surface area (Å²) >= 11 is 7.99. The first-order valence-corrected chi connectivity index (χ1v) is 7.34. The Morgan fingerprint density at radius 2 is 2.28 bits per heavy atom. The molecule has 3 nitrogen and oxygen atoms in total. The van der Waals surface area contributed by atoms with E-state index in [2.05, 4.69) is 27.9 Å². The number of hydrogen-bond acceptors (Lipinski definition) is 2. The van der Waals surface area contributed by atoms with Crippen LogP contribution in [0.3, 0.4) is 0 Å². The molecule has 0 fully saturated rings. The van der Waals surface area contributed by atoms with Gasteiger partial charge in [0.15, 0.2) is 0 Å². The number of amides is 1. The lowest BCUT2D eigenvalue weighted by molar-refractivity contribution is 0.0951. The zero-order valence-electron chi connectivity index (χ0n) is 10.2. The summed E-state index contributed by atoms with van der Waals surface area (Å²) in [5.41, 5.74) is 0.610. The Morgan fingerprint density at radius 3 is 2.94 bits per heavy atom. The fraction of sp³-hybridized carbons (Fsp3) is 0.462. The lowest BCUT2D eigenvalue weighted by atomic mass is 10.1. The van der Waals surface area contributed by atoms with E-state index in [0.29, 0.717) is 17.1 Å². The van der Waals surface area contributed by atoms with Gasteiger partial charge < -0.3 is 10.4 Å². The zero-order chi connectivity index (χ0) is 13.5. The van der Waals surface area contributed by atoms with Crippen LogP contribution < -0.4 is 5.32 Å². The lowest BCUT2D eigenvalue weighted by Gasteiger charge is -2.09. The predicted octanol–water partition coefficient (Wildman–Crippen LogP) is 3.08. The van der Waals surface area contributed by atoms with E-state index in [0.717, 1.165) is 16.4 Å². The van der Waals surface area contributed by atoms with Crippen molar-refractivity contribution in [3.05, 3.63) is 32.4 Å². The van der Waals surface area contributed by atoms with E-state index in [1.807, 2.05) is 13.0 Å². The molecule has 1 amide bonds. The molecule has 1 aromatic rings. The van der Waals surface area contributed by atoms with Gasteiger partial charge in [-0.15, -0.1) is 0 Å². The largest absolute Gasteiger partial charge is 0.396 e. The molecule has 1 rings (SSSR count). The number of carbonyl (C=O) groups excluding carboxylic acids is 1. The van der Waals surface area contributed by atoms with Crippen molar-refractivity contribution < 1.29 is 9.90 Å². The summed E-state index contributed by atoms with van der Waals surface area (Å²) in [6.07, 6.45) is 1.77. The summed E-state index contributed by atoms with van der Waals surface area (Å²) in [4.78, 5) is 11.9. The standard InChI is InChI=1S/C13H17ClINO2/c1-9(8-17)3-2-6-16-13(18)11-7-10(14)4-5-12(11)15/h4-5,7,9,17H,2-3,6,8H2,1H3,(H,16,18). The Morgan fingerprint density at radius 1 is 1.56 bits per heavy atom. The second-order valence-corrected chi connectivity index (χ2v) is 5.91. The van der Waals surface area contributed by atoms with Gasteiger partial charge in [-0.05, 0) is 59.5 Å². The Hall–Kier alpha value is -0.330.